The summed E-state index contributed by atoms with van der Waals surface area (Å²) in [6, 6.07) is 1.74. The van der Waals surface area contributed by atoms with E-state index in [4.69, 9.17) is 8.85 Å². The molecule has 0 aromatic rings. The van der Waals surface area contributed by atoms with Crippen molar-refractivity contribution in [2.45, 2.75) is 31.7 Å². The van der Waals surface area contributed by atoms with Crippen LogP contribution in [-0.2, 0) is 8.85 Å². The molecule has 12 heavy (non-hydrogen) atoms. The summed E-state index contributed by atoms with van der Waals surface area (Å²) in [6.45, 7) is 5.90. The molecule has 0 aliphatic heterocycles. The molecule has 0 atom stereocenters. The Labute approximate surface area is 77.1 Å². The van der Waals surface area contributed by atoms with Gasteiger partial charge < -0.3 is 13.6 Å². The Morgan fingerprint density at radius 3 is 1.67 bits per heavy atom. The summed E-state index contributed by atoms with van der Waals surface area (Å²) in [6.07, 6.45) is 0. The minimum absolute atomic E-state index is 0.859. The maximum Gasteiger partial charge on any atom is 0.334 e. The lowest BCUT2D eigenvalue weighted by molar-refractivity contribution is 0.250. The molecular formula is C7H20O3Si2. The quantitative estimate of drug-likeness (QED) is 0.697. The lowest BCUT2D eigenvalue weighted by Crippen LogP contribution is -2.39. The van der Waals surface area contributed by atoms with Crippen LogP contribution in [0.25, 0.3) is 0 Å². The van der Waals surface area contributed by atoms with Gasteiger partial charge in [-0.15, -0.1) is 0 Å². The zero-order valence-corrected chi connectivity index (χ0v) is 10.7. The fourth-order valence-electron chi connectivity index (χ4n) is 0.820. The monoisotopic (exact) mass is 208 g/mol. The minimum atomic E-state index is -1.93. The zero-order valence-electron chi connectivity index (χ0n) is 8.68. The molecule has 0 aromatic heterocycles. The van der Waals surface area contributed by atoms with E-state index >= 15 is 0 Å². The maximum absolute atomic E-state index is 9.62. The Hall–Kier alpha value is 0.314. The smallest absolute Gasteiger partial charge is 0.334 e. The molecule has 0 rings (SSSR count). The van der Waals surface area contributed by atoms with Crippen molar-refractivity contribution in [2.24, 2.45) is 0 Å². The number of hydrogen-bond acceptors (Lipinski definition) is 3. The van der Waals surface area contributed by atoms with Crippen molar-refractivity contribution >= 4 is 16.9 Å². The molecule has 1 N–H and O–H groups in total. The molecule has 74 valence electrons. The lowest BCUT2D eigenvalue weighted by Gasteiger charge is -2.25. The molecule has 3 nitrogen and oxygen atoms in total. The molecule has 0 spiro atoms. The van der Waals surface area contributed by atoms with Crippen LogP contribution in [0.4, 0.5) is 0 Å². The van der Waals surface area contributed by atoms with Crippen molar-refractivity contribution in [1.82, 2.24) is 0 Å². The van der Waals surface area contributed by atoms with E-state index in [1.807, 2.05) is 19.6 Å². The van der Waals surface area contributed by atoms with Crippen LogP contribution in [0.3, 0.4) is 0 Å². The molecule has 0 aliphatic rings. The van der Waals surface area contributed by atoms with Crippen molar-refractivity contribution in [3.05, 3.63) is 0 Å². The van der Waals surface area contributed by atoms with Crippen LogP contribution >= 0.6 is 0 Å². The average molecular weight is 208 g/mol. The fourth-order valence-corrected chi connectivity index (χ4v) is 5.66. The van der Waals surface area contributed by atoms with Gasteiger partial charge in [0.25, 0.3) is 0 Å². The Bertz CT molecular complexity index is 129. The lowest BCUT2D eigenvalue weighted by atomic mass is 10.9. The Morgan fingerprint density at radius 1 is 1.00 bits per heavy atom. The molecule has 0 aromatic carbocycles. The Kier molecular flexibility index (Phi) is 4.64. The highest BCUT2D eigenvalue weighted by molar-refractivity contribution is 6.73. The van der Waals surface area contributed by atoms with Crippen LogP contribution in [-0.4, -0.2) is 35.9 Å². The van der Waals surface area contributed by atoms with Crippen molar-refractivity contribution < 1.29 is 13.6 Å². The highest BCUT2D eigenvalue weighted by Crippen LogP contribution is 2.19. The van der Waals surface area contributed by atoms with Crippen molar-refractivity contribution in [3.63, 3.8) is 0 Å². The van der Waals surface area contributed by atoms with Gasteiger partial charge in [-0.3, -0.25) is 0 Å². The van der Waals surface area contributed by atoms with Gasteiger partial charge in [0.15, 0.2) is 8.32 Å². The second-order valence-corrected chi connectivity index (χ2v) is 11.6. The summed E-state index contributed by atoms with van der Waals surface area (Å²) in [5.74, 6) is 0. The van der Waals surface area contributed by atoms with Gasteiger partial charge in [0.05, 0.1) is 0 Å². The van der Waals surface area contributed by atoms with Crippen LogP contribution in [0.5, 0.6) is 0 Å². The summed E-state index contributed by atoms with van der Waals surface area (Å²) < 4.78 is 10.6. The van der Waals surface area contributed by atoms with Crippen LogP contribution in [0.2, 0.25) is 31.7 Å². The Balaban J connectivity index is 3.89. The van der Waals surface area contributed by atoms with Crippen LogP contribution < -0.4 is 0 Å². The largest absolute Gasteiger partial charge is 0.432 e. The molecule has 5 heteroatoms. The van der Waals surface area contributed by atoms with Crippen molar-refractivity contribution in [1.29, 1.82) is 0 Å². The molecule has 0 saturated heterocycles. The van der Waals surface area contributed by atoms with Gasteiger partial charge in [-0.1, -0.05) is 0 Å². The molecule has 0 fully saturated rings. The molecule has 0 radical (unpaired) electrons. The second-order valence-electron chi connectivity index (χ2n) is 3.85. The third-order valence-corrected chi connectivity index (χ3v) is 6.91. The third-order valence-electron chi connectivity index (χ3n) is 2.05. The summed E-state index contributed by atoms with van der Waals surface area (Å²) >= 11 is 0. The van der Waals surface area contributed by atoms with E-state index in [0.29, 0.717) is 0 Å². The first-order valence-corrected chi connectivity index (χ1v) is 9.83. The van der Waals surface area contributed by atoms with Gasteiger partial charge >= 0.3 is 8.56 Å². The summed E-state index contributed by atoms with van der Waals surface area (Å²) in [7, 11) is -0.493. The second kappa shape index (κ2) is 4.52. The minimum Gasteiger partial charge on any atom is -0.432 e. The Morgan fingerprint density at radius 2 is 1.42 bits per heavy atom. The summed E-state index contributed by atoms with van der Waals surface area (Å²) in [4.78, 5) is 9.62. The maximum atomic E-state index is 9.62. The molecule has 0 amide bonds. The summed E-state index contributed by atoms with van der Waals surface area (Å²) in [5, 5.41) is 0. The molecule has 0 saturated carbocycles. The first kappa shape index (κ1) is 12.3. The molecule has 0 unspecified atom stereocenters. The van der Waals surface area contributed by atoms with Gasteiger partial charge in [-0.2, -0.15) is 0 Å². The van der Waals surface area contributed by atoms with Crippen LogP contribution in [0, 0.1) is 0 Å². The fraction of sp³-hybridized carbons (Fsp3) is 1.00. The molecule has 0 bridgehead atoms. The van der Waals surface area contributed by atoms with Gasteiger partial charge in [0.2, 0.25) is 0 Å². The van der Waals surface area contributed by atoms with Gasteiger partial charge in [-0.25, -0.2) is 0 Å². The van der Waals surface area contributed by atoms with Gasteiger partial charge in [0, 0.05) is 14.2 Å². The first-order chi connectivity index (χ1) is 5.33. The van der Waals surface area contributed by atoms with E-state index in [-0.39, 0.29) is 0 Å². The molecular weight excluding hydrogens is 188 g/mol. The van der Waals surface area contributed by atoms with E-state index in [1.165, 1.54) is 0 Å². The average Bonchev–Trinajstić information content (AvgIpc) is 1.99. The first-order valence-electron chi connectivity index (χ1n) is 4.16. The standard InChI is InChI=1S/C7H20O3Si2/c1-9-12(5,10-2)7-6-11(3,4)8/h8H,6-7H2,1-5H3. The highest BCUT2D eigenvalue weighted by Gasteiger charge is 2.31. The van der Waals surface area contributed by atoms with E-state index < -0.39 is 16.9 Å². The van der Waals surface area contributed by atoms with Gasteiger partial charge in [-0.05, 0) is 31.7 Å². The third kappa shape index (κ3) is 5.05. The zero-order chi connectivity index (χ0) is 9.83. The molecule has 0 heterocycles. The predicted molar refractivity (Wildman–Crippen MR) is 55.0 cm³/mol. The normalized spacial score (nSPS) is 13.5. The summed E-state index contributed by atoms with van der Waals surface area (Å²) in [5.41, 5.74) is 0. The topological polar surface area (TPSA) is 38.7 Å². The van der Waals surface area contributed by atoms with Crippen LogP contribution in [0.15, 0.2) is 0 Å². The number of hydrogen-bond donors (Lipinski definition) is 1. The van der Waals surface area contributed by atoms with E-state index in [2.05, 4.69) is 0 Å². The van der Waals surface area contributed by atoms with E-state index in [1.54, 1.807) is 14.2 Å². The molecule has 0 aliphatic carbocycles. The van der Waals surface area contributed by atoms with Crippen molar-refractivity contribution in [3.8, 4) is 0 Å². The highest BCUT2D eigenvalue weighted by atomic mass is 28.4. The predicted octanol–water partition coefficient (Wildman–Crippen LogP) is 1.55. The van der Waals surface area contributed by atoms with E-state index in [9.17, 15) is 4.80 Å². The number of rotatable bonds is 5. The SMILES string of the molecule is CO[Si](C)(CC[Si](C)(C)O)OC. The van der Waals surface area contributed by atoms with E-state index in [0.717, 1.165) is 12.1 Å². The van der Waals surface area contributed by atoms with Crippen molar-refractivity contribution in [2.75, 3.05) is 14.2 Å². The van der Waals surface area contributed by atoms with Gasteiger partial charge in [0.1, 0.15) is 0 Å². The van der Waals surface area contributed by atoms with Crippen LogP contribution in [0.1, 0.15) is 0 Å².